The highest BCUT2D eigenvalue weighted by molar-refractivity contribution is 6.76. The summed E-state index contributed by atoms with van der Waals surface area (Å²) < 4.78 is 0. The van der Waals surface area contributed by atoms with Crippen molar-refractivity contribution < 1.29 is 5.11 Å². The Bertz CT molecular complexity index is 308. The van der Waals surface area contributed by atoms with E-state index in [0.717, 1.165) is 19.5 Å². The van der Waals surface area contributed by atoms with Crippen LogP contribution in [0.5, 0.6) is 0 Å². The highest BCUT2D eigenvalue weighted by Crippen LogP contribution is 2.06. The summed E-state index contributed by atoms with van der Waals surface area (Å²) in [6.45, 7) is 9.24. The van der Waals surface area contributed by atoms with Gasteiger partial charge in [0.1, 0.15) is 0 Å². The van der Waals surface area contributed by atoms with Crippen LogP contribution in [0.3, 0.4) is 0 Å². The minimum atomic E-state index is -1.08. The largest absolute Gasteiger partial charge is 0.395 e. The van der Waals surface area contributed by atoms with Crippen molar-refractivity contribution in [1.29, 1.82) is 0 Å². The lowest BCUT2D eigenvalue weighted by atomic mass is 10.1. The monoisotopic (exact) mass is 251 g/mol. The lowest BCUT2D eigenvalue weighted by molar-refractivity contribution is 0.214. The van der Waals surface area contributed by atoms with Gasteiger partial charge in [-0.1, -0.05) is 50.0 Å². The van der Waals surface area contributed by atoms with E-state index in [1.807, 2.05) is 0 Å². The van der Waals surface area contributed by atoms with Crippen molar-refractivity contribution in [3.63, 3.8) is 0 Å². The number of hydrogen-bond donors (Lipinski definition) is 1. The normalized spacial score (nSPS) is 12.1. The molecule has 1 rings (SSSR count). The topological polar surface area (TPSA) is 23.5 Å². The van der Waals surface area contributed by atoms with E-state index in [1.165, 1.54) is 11.7 Å². The molecule has 2 nitrogen and oxygen atoms in total. The highest BCUT2D eigenvalue weighted by atomic mass is 28.3. The molecule has 0 heterocycles. The van der Waals surface area contributed by atoms with Gasteiger partial charge in [0, 0.05) is 13.1 Å². The highest BCUT2D eigenvalue weighted by Gasteiger charge is 2.17. The van der Waals surface area contributed by atoms with E-state index >= 15 is 0 Å². The summed E-state index contributed by atoms with van der Waals surface area (Å²) in [4.78, 5) is 2.40. The molecule has 0 unspecified atom stereocenters. The summed E-state index contributed by atoms with van der Waals surface area (Å²) in [7, 11) is -1.08. The SMILES string of the molecule is C[Si](C)(C)CN(CCO)CCc1ccccc1. The van der Waals surface area contributed by atoms with Crippen molar-refractivity contribution in [2.45, 2.75) is 26.1 Å². The Kier molecular flexibility index (Phi) is 5.89. The number of hydrogen-bond acceptors (Lipinski definition) is 2. The molecule has 1 aromatic carbocycles. The third-order valence-corrected chi connectivity index (χ3v) is 4.07. The van der Waals surface area contributed by atoms with Crippen molar-refractivity contribution in [2.24, 2.45) is 0 Å². The van der Waals surface area contributed by atoms with Gasteiger partial charge in [0.25, 0.3) is 0 Å². The maximum Gasteiger partial charge on any atom is 0.0599 e. The number of benzene rings is 1. The van der Waals surface area contributed by atoms with Gasteiger partial charge in [-0.15, -0.1) is 0 Å². The second-order valence-corrected chi connectivity index (χ2v) is 11.2. The number of aliphatic hydroxyl groups excluding tert-OH is 1. The third-order valence-electron chi connectivity index (χ3n) is 2.67. The third kappa shape index (κ3) is 6.61. The van der Waals surface area contributed by atoms with Crippen LogP contribution in [0.15, 0.2) is 30.3 Å². The molecule has 0 spiro atoms. The lowest BCUT2D eigenvalue weighted by Crippen LogP contribution is -2.42. The summed E-state index contributed by atoms with van der Waals surface area (Å²) in [5, 5.41) is 9.10. The summed E-state index contributed by atoms with van der Waals surface area (Å²) >= 11 is 0. The van der Waals surface area contributed by atoms with Crippen molar-refractivity contribution in [1.82, 2.24) is 4.90 Å². The molecule has 1 N–H and O–H groups in total. The summed E-state index contributed by atoms with van der Waals surface area (Å²) in [5.74, 6) is 0. The van der Waals surface area contributed by atoms with Gasteiger partial charge in [-0.05, 0) is 18.2 Å². The number of rotatable bonds is 7. The second-order valence-electron chi connectivity index (χ2n) is 5.80. The zero-order valence-corrected chi connectivity index (χ0v) is 12.3. The van der Waals surface area contributed by atoms with E-state index in [9.17, 15) is 0 Å². The van der Waals surface area contributed by atoms with E-state index in [-0.39, 0.29) is 6.61 Å². The minimum absolute atomic E-state index is 0.263. The van der Waals surface area contributed by atoms with E-state index in [2.05, 4.69) is 54.9 Å². The van der Waals surface area contributed by atoms with Crippen molar-refractivity contribution in [3.05, 3.63) is 35.9 Å². The standard InChI is InChI=1S/C14H25NOSi/c1-17(2,3)13-15(11-12-16)10-9-14-7-5-4-6-8-14/h4-8,16H,9-13H2,1-3H3. The van der Waals surface area contributed by atoms with Crippen molar-refractivity contribution in [2.75, 3.05) is 25.9 Å². The molecule has 0 aliphatic carbocycles. The molecule has 0 radical (unpaired) electrons. The number of aliphatic hydroxyl groups is 1. The molecule has 0 amide bonds. The Hall–Kier alpha value is -0.643. The Morgan fingerprint density at radius 3 is 2.24 bits per heavy atom. The second kappa shape index (κ2) is 6.94. The maximum atomic E-state index is 9.10. The van der Waals surface area contributed by atoms with Crippen LogP contribution >= 0.6 is 0 Å². The molecule has 0 aromatic heterocycles. The van der Waals surface area contributed by atoms with Crippen LogP contribution in [-0.2, 0) is 6.42 Å². The Morgan fingerprint density at radius 2 is 1.71 bits per heavy atom. The number of nitrogens with zero attached hydrogens (tertiary/aromatic N) is 1. The predicted octanol–water partition coefficient (Wildman–Crippen LogP) is 2.40. The molecule has 0 saturated heterocycles. The van der Waals surface area contributed by atoms with Gasteiger partial charge in [-0.25, -0.2) is 0 Å². The lowest BCUT2D eigenvalue weighted by Gasteiger charge is -2.28. The minimum Gasteiger partial charge on any atom is -0.395 e. The van der Waals surface area contributed by atoms with Crippen LogP contribution in [0.25, 0.3) is 0 Å². The van der Waals surface area contributed by atoms with Crippen molar-refractivity contribution >= 4 is 8.07 Å². The predicted molar refractivity (Wildman–Crippen MR) is 77.0 cm³/mol. The fraction of sp³-hybridized carbons (Fsp3) is 0.571. The fourth-order valence-corrected chi connectivity index (χ4v) is 3.67. The van der Waals surface area contributed by atoms with E-state index in [1.54, 1.807) is 0 Å². The van der Waals surface area contributed by atoms with E-state index in [4.69, 9.17) is 5.11 Å². The van der Waals surface area contributed by atoms with Gasteiger partial charge in [-0.3, -0.25) is 0 Å². The van der Waals surface area contributed by atoms with Crippen LogP contribution in [0, 0.1) is 0 Å². The maximum absolute atomic E-state index is 9.10. The van der Waals surface area contributed by atoms with Gasteiger partial charge in [0.15, 0.2) is 0 Å². The van der Waals surface area contributed by atoms with Crippen LogP contribution in [0.1, 0.15) is 5.56 Å². The van der Waals surface area contributed by atoms with Gasteiger partial charge in [-0.2, -0.15) is 0 Å². The summed E-state index contributed by atoms with van der Waals surface area (Å²) in [6.07, 6.45) is 2.24. The molecule has 1 aromatic rings. The Labute approximate surface area is 106 Å². The molecule has 0 atom stereocenters. The van der Waals surface area contributed by atoms with Crippen molar-refractivity contribution in [3.8, 4) is 0 Å². The quantitative estimate of drug-likeness (QED) is 0.752. The van der Waals surface area contributed by atoms with Crippen LogP contribution in [-0.4, -0.2) is 43.9 Å². The van der Waals surface area contributed by atoms with Gasteiger partial charge < -0.3 is 10.0 Å². The van der Waals surface area contributed by atoms with E-state index < -0.39 is 8.07 Å². The molecule has 17 heavy (non-hydrogen) atoms. The van der Waals surface area contributed by atoms with E-state index in [0.29, 0.717) is 0 Å². The first-order valence-electron chi connectivity index (χ1n) is 6.38. The first kappa shape index (κ1) is 14.4. The Morgan fingerprint density at radius 1 is 1.06 bits per heavy atom. The van der Waals surface area contributed by atoms with Crippen LogP contribution < -0.4 is 0 Å². The average Bonchev–Trinajstić information content (AvgIpc) is 2.26. The zero-order valence-electron chi connectivity index (χ0n) is 11.3. The molecule has 3 heteroatoms. The molecular weight excluding hydrogens is 226 g/mol. The molecule has 0 fully saturated rings. The first-order valence-corrected chi connectivity index (χ1v) is 10.1. The molecule has 0 saturated carbocycles. The molecule has 0 aliphatic rings. The van der Waals surface area contributed by atoms with Crippen LogP contribution in [0.4, 0.5) is 0 Å². The Balaban J connectivity index is 2.44. The van der Waals surface area contributed by atoms with Gasteiger partial charge >= 0.3 is 0 Å². The zero-order chi connectivity index (χ0) is 12.7. The molecule has 0 aliphatic heterocycles. The van der Waals surface area contributed by atoms with Gasteiger partial charge in [0.2, 0.25) is 0 Å². The first-order chi connectivity index (χ1) is 8.01. The smallest absolute Gasteiger partial charge is 0.0599 e. The molecule has 96 valence electrons. The summed E-state index contributed by atoms with van der Waals surface area (Å²) in [5.41, 5.74) is 1.38. The fourth-order valence-electron chi connectivity index (χ4n) is 2.01. The molecule has 0 bridgehead atoms. The average molecular weight is 251 g/mol. The molecular formula is C14H25NOSi. The summed E-state index contributed by atoms with van der Waals surface area (Å²) in [6, 6.07) is 10.6. The van der Waals surface area contributed by atoms with Gasteiger partial charge in [0.05, 0.1) is 14.7 Å². The van der Waals surface area contributed by atoms with Crippen LogP contribution in [0.2, 0.25) is 19.6 Å².